The second-order valence-corrected chi connectivity index (χ2v) is 3.97. The summed E-state index contributed by atoms with van der Waals surface area (Å²) in [6.45, 7) is 4.17. The first-order valence-corrected chi connectivity index (χ1v) is 5.67. The zero-order valence-corrected chi connectivity index (χ0v) is 9.77. The fourth-order valence-electron chi connectivity index (χ4n) is 1.51. The van der Waals surface area contributed by atoms with Gasteiger partial charge in [0.25, 0.3) is 0 Å². The Kier molecular flexibility index (Phi) is 4.95. The molecule has 0 aliphatic carbocycles. The number of nitrogens with zero attached hydrogens (tertiary/aromatic N) is 2. The minimum Gasteiger partial charge on any atom is -0.481 e. The molecule has 0 amide bonds. The van der Waals surface area contributed by atoms with Crippen molar-refractivity contribution < 1.29 is 14.3 Å². The smallest absolute Gasteiger partial charge is 0.303 e. The molecule has 5 nitrogen and oxygen atoms in total. The van der Waals surface area contributed by atoms with Gasteiger partial charge in [-0.1, -0.05) is 20.3 Å². The average Bonchev–Trinajstić information content (AvgIpc) is 2.66. The molecular weight excluding hydrogens is 208 g/mol. The van der Waals surface area contributed by atoms with E-state index in [1.807, 2.05) is 0 Å². The third kappa shape index (κ3) is 4.00. The van der Waals surface area contributed by atoms with Crippen LogP contribution in [-0.4, -0.2) is 21.3 Å². The highest BCUT2D eigenvalue weighted by atomic mass is 16.4. The monoisotopic (exact) mass is 226 g/mol. The minimum absolute atomic E-state index is 0.141. The van der Waals surface area contributed by atoms with Crippen molar-refractivity contribution in [1.29, 1.82) is 0 Å². The van der Waals surface area contributed by atoms with Crippen molar-refractivity contribution in [3.63, 3.8) is 0 Å². The summed E-state index contributed by atoms with van der Waals surface area (Å²) in [6, 6.07) is 0. The van der Waals surface area contributed by atoms with E-state index in [1.54, 1.807) is 0 Å². The number of aromatic nitrogens is 2. The highest BCUT2D eigenvalue weighted by Crippen LogP contribution is 2.19. The Morgan fingerprint density at radius 3 is 2.88 bits per heavy atom. The highest BCUT2D eigenvalue weighted by molar-refractivity contribution is 5.66. The van der Waals surface area contributed by atoms with Gasteiger partial charge in [0.2, 0.25) is 11.8 Å². The molecule has 1 heterocycles. The van der Waals surface area contributed by atoms with Crippen LogP contribution in [0.2, 0.25) is 0 Å². The third-order valence-electron chi connectivity index (χ3n) is 2.41. The number of aliphatic carboxylic acids is 1. The van der Waals surface area contributed by atoms with Gasteiger partial charge in [-0.05, 0) is 12.8 Å². The first-order valence-electron chi connectivity index (χ1n) is 5.67. The van der Waals surface area contributed by atoms with Gasteiger partial charge in [0, 0.05) is 18.8 Å². The summed E-state index contributed by atoms with van der Waals surface area (Å²) in [6.07, 6.45) is 3.33. The molecule has 0 bridgehead atoms. The van der Waals surface area contributed by atoms with Crippen molar-refractivity contribution >= 4 is 5.97 Å². The number of aryl methyl sites for hydroxylation is 1. The first-order chi connectivity index (χ1) is 7.63. The van der Waals surface area contributed by atoms with Gasteiger partial charge in [-0.15, -0.1) is 10.2 Å². The van der Waals surface area contributed by atoms with Gasteiger partial charge in [0.1, 0.15) is 0 Å². The molecule has 0 aromatic carbocycles. The number of rotatable bonds is 7. The second kappa shape index (κ2) is 6.25. The minimum atomic E-state index is -0.793. The zero-order valence-electron chi connectivity index (χ0n) is 9.77. The lowest BCUT2D eigenvalue weighted by molar-refractivity contribution is -0.137. The number of carboxylic acids is 1. The molecule has 1 aromatic rings. The van der Waals surface area contributed by atoms with E-state index < -0.39 is 5.97 Å². The Morgan fingerprint density at radius 2 is 2.25 bits per heavy atom. The summed E-state index contributed by atoms with van der Waals surface area (Å²) in [4.78, 5) is 10.3. The first kappa shape index (κ1) is 12.7. The van der Waals surface area contributed by atoms with E-state index in [4.69, 9.17) is 9.52 Å². The van der Waals surface area contributed by atoms with E-state index in [2.05, 4.69) is 24.0 Å². The molecule has 1 rings (SSSR count). The summed E-state index contributed by atoms with van der Waals surface area (Å²) in [5.74, 6) is 0.691. The van der Waals surface area contributed by atoms with Crippen molar-refractivity contribution in [2.24, 2.45) is 0 Å². The van der Waals surface area contributed by atoms with Crippen molar-refractivity contribution in [3.05, 3.63) is 11.8 Å². The Labute approximate surface area is 94.9 Å². The van der Waals surface area contributed by atoms with Gasteiger partial charge < -0.3 is 9.52 Å². The van der Waals surface area contributed by atoms with Crippen LogP contribution in [0.1, 0.15) is 57.2 Å². The molecule has 0 aliphatic rings. The number of carboxylic acid groups (broad SMARTS) is 1. The molecule has 5 heteroatoms. The predicted molar refractivity (Wildman–Crippen MR) is 58.2 cm³/mol. The van der Waals surface area contributed by atoms with E-state index in [-0.39, 0.29) is 12.3 Å². The lowest BCUT2D eigenvalue weighted by atomic mass is 10.1. The van der Waals surface area contributed by atoms with Gasteiger partial charge in [-0.2, -0.15) is 0 Å². The maximum Gasteiger partial charge on any atom is 0.303 e. The van der Waals surface area contributed by atoms with Crippen LogP contribution in [0, 0.1) is 0 Å². The van der Waals surface area contributed by atoms with Gasteiger partial charge in [0.15, 0.2) is 0 Å². The molecule has 16 heavy (non-hydrogen) atoms. The van der Waals surface area contributed by atoms with Crippen LogP contribution < -0.4 is 0 Å². The quantitative estimate of drug-likeness (QED) is 0.772. The standard InChI is InChI=1S/C11H18N2O3/c1-3-5-8(2)11-13-12-9(16-11)6-4-7-10(14)15/h8H,3-7H2,1-2H3,(H,14,15). The molecule has 1 aromatic heterocycles. The second-order valence-electron chi connectivity index (χ2n) is 3.97. The molecule has 1 unspecified atom stereocenters. The van der Waals surface area contributed by atoms with Crippen molar-refractivity contribution in [3.8, 4) is 0 Å². The lowest BCUT2D eigenvalue weighted by Crippen LogP contribution is -1.95. The van der Waals surface area contributed by atoms with E-state index in [1.165, 1.54) is 0 Å². The summed E-state index contributed by atoms with van der Waals surface area (Å²) in [7, 11) is 0. The Morgan fingerprint density at radius 1 is 1.50 bits per heavy atom. The van der Waals surface area contributed by atoms with E-state index >= 15 is 0 Å². The topological polar surface area (TPSA) is 76.2 Å². The lowest BCUT2D eigenvalue weighted by Gasteiger charge is -2.02. The maximum atomic E-state index is 10.3. The molecule has 0 saturated carbocycles. The fourth-order valence-corrected chi connectivity index (χ4v) is 1.51. The van der Waals surface area contributed by atoms with Gasteiger partial charge in [-0.25, -0.2) is 0 Å². The molecule has 1 atom stereocenters. The van der Waals surface area contributed by atoms with Crippen molar-refractivity contribution in [2.75, 3.05) is 0 Å². The maximum absolute atomic E-state index is 10.3. The van der Waals surface area contributed by atoms with Crippen molar-refractivity contribution in [2.45, 2.75) is 51.9 Å². The van der Waals surface area contributed by atoms with E-state index in [0.717, 1.165) is 12.8 Å². The fraction of sp³-hybridized carbons (Fsp3) is 0.727. The molecule has 0 aliphatic heterocycles. The molecule has 0 saturated heterocycles. The van der Waals surface area contributed by atoms with Crippen molar-refractivity contribution in [1.82, 2.24) is 10.2 Å². The van der Waals surface area contributed by atoms with Gasteiger partial charge in [-0.3, -0.25) is 4.79 Å². The van der Waals surface area contributed by atoms with Crippen LogP contribution in [0.3, 0.4) is 0 Å². The molecule has 0 radical (unpaired) electrons. The molecule has 1 N–H and O–H groups in total. The Hall–Kier alpha value is -1.39. The largest absolute Gasteiger partial charge is 0.481 e. The van der Waals surface area contributed by atoms with Gasteiger partial charge >= 0.3 is 5.97 Å². The summed E-state index contributed by atoms with van der Waals surface area (Å²) in [5, 5.41) is 16.4. The number of carbonyl (C=O) groups is 1. The SMILES string of the molecule is CCCC(C)c1nnc(CCCC(=O)O)o1. The third-order valence-corrected chi connectivity index (χ3v) is 2.41. The van der Waals surface area contributed by atoms with Crippen LogP contribution in [0.4, 0.5) is 0 Å². The van der Waals surface area contributed by atoms with E-state index in [9.17, 15) is 4.79 Å². The molecule has 0 spiro atoms. The number of hydrogen-bond acceptors (Lipinski definition) is 4. The van der Waals surface area contributed by atoms with Gasteiger partial charge in [0.05, 0.1) is 0 Å². The Balaban J connectivity index is 2.41. The van der Waals surface area contributed by atoms with Crippen LogP contribution in [0.15, 0.2) is 4.42 Å². The van der Waals surface area contributed by atoms with Crippen LogP contribution >= 0.6 is 0 Å². The van der Waals surface area contributed by atoms with Crippen LogP contribution in [-0.2, 0) is 11.2 Å². The van der Waals surface area contributed by atoms with E-state index in [0.29, 0.717) is 24.6 Å². The summed E-state index contributed by atoms with van der Waals surface area (Å²) >= 11 is 0. The number of hydrogen-bond donors (Lipinski definition) is 1. The van der Waals surface area contributed by atoms with Crippen LogP contribution in [0.5, 0.6) is 0 Å². The highest BCUT2D eigenvalue weighted by Gasteiger charge is 2.13. The summed E-state index contributed by atoms with van der Waals surface area (Å²) in [5.41, 5.74) is 0. The molecular formula is C11H18N2O3. The zero-order chi connectivity index (χ0) is 12.0. The normalized spacial score (nSPS) is 12.6. The summed E-state index contributed by atoms with van der Waals surface area (Å²) < 4.78 is 5.46. The Bertz CT molecular complexity index is 336. The van der Waals surface area contributed by atoms with Crippen LogP contribution in [0.25, 0.3) is 0 Å². The average molecular weight is 226 g/mol. The molecule has 90 valence electrons. The molecule has 0 fully saturated rings. The predicted octanol–water partition coefficient (Wildman–Crippen LogP) is 2.38.